The Hall–Kier alpha value is -7.15. The third kappa shape index (κ3) is 8.51. The number of hydrogen-bond donors (Lipinski definition) is 2. The monoisotopic (exact) mass is 644 g/mol. The van der Waals surface area contributed by atoms with E-state index in [0.717, 1.165) is 6.08 Å². The van der Waals surface area contributed by atoms with Gasteiger partial charge in [0, 0.05) is 40.6 Å². The zero-order valence-corrected chi connectivity index (χ0v) is 24.8. The van der Waals surface area contributed by atoms with Crippen LogP contribution in [0.1, 0.15) is 42.4 Å². The molecule has 5 rings (SSSR count). The summed E-state index contributed by atoms with van der Waals surface area (Å²) in [6.07, 6.45) is 5.26. The van der Waals surface area contributed by atoms with Crippen molar-refractivity contribution < 1.29 is 38.0 Å². The number of nitro benzene ring substituents is 1. The van der Waals surface area contributed by atoms with Crippen molar-refractivity contribution in [1.82, 2.24) is 5.43 Å². The molecule has 2 amide bonds. The molecule has 5 aromatic rings. The number of rotatable bonds is 11. The van der Waals surface area contributed by atoms with E-state index < -0.39 is 28.7 Å². The van der Waals surface area contributed by atoms with Crippen LogP contribution in [0.15, 0.2) is 131 Å². The van der Waals surface area contributed by atoms with Crippen LogP contribution in [0.2, 0.25) is 0 Å². The first-order chi connectivity index (χ1) is 23.3. The molecule has 0 aliphatic heterocycles. The highest BCUT2D eigenvalue weighted by atomic mass is 16.6. The van der Waals surface area contributed by atoms with Crippen molar-refractivity contribution in [2.75, 3.05) is 5.32 Å². The molecule has 2 N–H and O–H groups in total. The largest absolute Gasteiger partial charge is 0.459 e. The van der Waals surface area contributed by atoms with Gasteiger partial charge in [-0.15, -0.1) is 0 Å². The Morgan fingerprint density at radius 2 is 1.38 bits per heavy atom. The highest BCUT2D eigenvalue weighted by Crippen LogP contribution is 2.22. The second kappa shape index (κ2) is 15.2. The molecule has 13 heteroatoms. The van der Waals surface area contributed by atoms with E-state index >= 15 is 0 Å². The van der Waals surface area contributed by atoms with E-state index in [0.29, 0.717) is 16.8 Å². The molecule has 0 atom stereocenters. The second-order valence-electron chi connectivity index (χ2n) is 9.73. The van der Waals surface area contributed by atoms with Gasteiger partial charge in [0.1, 0.15) is 11.5 Å². The van der Waals surface area contributed by atoms with E-state index in [2.05, 4.69) is 15.8 Å². The summed E-state index contributed by atoms with van der Waals surface area (Å²) in [6, 6.07) is 27.2. The van der Waals surface area contributed by atoms with E-state index in [4.69, 9.17) is 13.9 Å². The molecule has 0 spiro atoms. The van der Waals surface area contributed by atoms with Gasteiger partial charge in [-0.3, -0.25) is 19.7 Å². The highest BCUT2D eigenvalue weighted by Gasteiger charge is 2.14. The summed E-state index contributed by atoms with van der Waals surface area (Å²) < 4.78 is 16.0. The normalized spacial score (nSPS) is 10.8. The van der Waals surface area contributed by atoms with Crippen molar-refractivity contribution in [2.24, 2.45) is 5.10 Å². The zero-order chi connectivity index (χ0) is 33.9. The summed E-state index contributed by atoms with van der Waals surface area (Å²) >= 11 is 0. The van der Waals surface area contributed by atoms with Crippen molar-refractivity contribution in [1.29, 1.82) is 0 Å². The number of hydrazone groups is 1. The van der Waals surface area contributed by atoms with Gasteiger partial charge in [-0.2, -0.15) is 5.10 Å². The number of esters is 2. The van der Waals surface area contributed by atoms with E-state index in [1.54, 1.807) is 60.7 Å². The van der Waals surface area contributed by atoms with Crippen molar-refractivity contribution in [2.45, 2.75) is 0 Å². The van der Waals surface area contributed by atoms with E-state index in [9.17, 15) is 29.3 Å². The Bertz CT molecular complexity index is 2020. The number of nitrogens with one attached hydrogen (secondary N) is 2. The minimum Gasteiger partial charge on any atom is -0.459 e. The number of furan rings is 1. The number of hydrogen-bond acceptors (Lipinski definition) is 10. The minimum atomic E-state index is -0.740. The fraction of sp³-hybridized carbons (Fsp3) is 0. The summed E-state index contributed by atoms with van der Waals surface area (Å²) in [5.41, 5.74) is 3.89. The Morgan fingerprint density at radius 1 is 0.729 bits per heavy atom. The number of benzene rings is 4. The van der Waals surface area contributed by atoms with Crippen molar-refractivity contribution in [3.05, 3.63) is 160 Å². The number of amides is 2. The molecule has 238 valence electrons. The topological polar surface area (TPSA) is 179 Å². The van der Waals surface area contributed by atoms with Crippen LogP contribution in [-0.4, -0.2) is 34.9 Å². The molecule has 48 heavy (non-hydrogen) atoms. The SMILES string of the molecule is O=C(/C=C/c1ccccc1OC(=O)c1ccc([N+](=O)[O-])cc1)Oc1ccccc1/C=N/NC(=O)c1ccc(NC(=O)c2ccco2)cc1. The number of anilines is 1. The van der Waals surface area contributed by atoms with Gasteiger partial charge in [-0.25, -0.2) is 15.0 Å². The summed E-state index contributed by atoms with van der Waals surface area (Å²) in [7, 11) is 0. The summed E-state index contributed by atoms with van der Waals surface area (Å²) in [5.74, 6) is -1.94. The summed E-state index contributed by atoms with van der Waals surface area (Å²) in [5, 5.41) is 17.5. The molecule has 0 bridgehead atoms. The molecule has 0 saturated heterocycles. The van der Waals surface area contributed by atoms with E-state index in [1.807, 2.05) is 0 Å². The van der Waals surface area contributed by atoms with Gasteiger partial charge in [0.15, 0.2) is 5.76 Å². The van der Waals surface area contributed by atoms with Crippen LogP contribution in [0.3, 0.4) is 0 Å². The molecule has 0 radical (unpaired) electrons. The number of non-ortho nitro benzene ring substituents is 1. The van der Waals surface area contributed by atoms with Crippen LogP contribution in [0, 0.1) is 10.1 Å². The van der Waals surface area contributed by atoms with Gasteiger partial charge in [0.2, 0.25) is 0 Å². The smallest absolute Gasteiger partial charge is 0.343 e. The first-order valence-electron chi connectivity index (χ1n) is 14.1. The van der Waals surface area contributed by atoms with Gasteiger partial charge in [0.05, 0.1) is 23.0 Å². The van der Waals surface area contributed by atoms with Gasteiger partial charge in [-0.1, -0.05) is 30.3 Å². The maximum Gasteiger partial charge on any atom is 0.343 e. The number of para-hydroxylation sites is 2. The molecule has 0 aliphatic carbocycles. The third-order valence-corrected chi connectivity index (χ3v) is 6.48. The summed E-state index contributed by atoms with van der Waals surface area (Å²) in [4.78, 5) is 60.3. The maximum absolute atomic E-state index is 12.7. The number of nitrogens with zero attached hydrogens (tertiary/aromatic N) is 2. The van der Waals surface area contributed by atoms with Crippen molar-refractivity contribution >= 4 is 47.4 Å². The van der Waals surface area contributed by atoms with Crippen LogP contribution in [-0.2, 0) is 4.79 Å². The minimum absolute atomic E-state index is 0.109. The molecule has 4 aromatic carbocycles. The lowest BCUT2D eigenvalue weighted by atomic mass is 10.1. The number of ether oxygens (including phenoxy) is 2. The van der Waals surface area contributed by atoms with Crippen LogP contribution >= 0.6 is 0 Å². The number of nitro groups is 1. The predicted molar refractivity (Wildman–Crippen MR) is 174 cm³/mol. The number of carbonyl (C=O) groups excluding carboxylic acids is 4. The predicted octanol–water partition coefficient (Wildman–Crippen LogP) is 6.04. The van der Waals surface area contributed by atoms with Crippen LogP contribution < -0.4 is 20.2 Å². The van der Waals surface area contributed by atoms with Crippen LogP contribution in [0.4, 0.5) is 11.4 Å². The molecule has 1 heterocycles. The quantitative estimate of drug-likeness (QED) is 0.0433. The summed E-state index contributed by atoms with van der Waals surface area (Å²) in [6.45, 7) is 0. The molecule has 0 aliphatic rings. The molecule has 0 saturated carbocycles. The van der Waals surface area contributed by atoms with Crippen LogP contribution in [0.5, 0.6) is 11.5 Å². The fourth-order valence-corrected chi connectivity index (χ4v) is 4.10. The molecule has 0 unspecified atom stereocenters. The molecular weight excluding hydrogens is 620 g/mol. The Kier molecular flexibility index (Phi) is 10.2. The molecule has 0 fully saturated rings. The maximum atomic E-state index is 12.7. The lowest BCUT2D eigenvalue weighted by molar-refractivity contribution is -0.384. The van der Waals surface area contributed by atoms with Gasteiger partial charge in [-0.05, 0) is 72.8 Å². The standard InChI is InChI=1S/C35H24N4O9/c40-32(20-15-23-6-1-3-8-29(23)48-35(43)25-13-18-28(19-14-25)39(44)45)47-30-9-4-2-7-26(30)22-36-38-33(41)24-11-16-27(17-12-24)37-34(42)31-10-5-21-46-31/h1-22H,(H,37,42)(H,38,41)/b20-15+,36-22+. The van der Waals surface area contributed by atoms with Crippen molar-refractivity contribution in [3.63, 3.8) is 0 Å². The van der Waals surface area contributed by atoms with E-state index in [1.165, 1.54) is 67.1 Å². The fourth-order valence-electron chi connectivity index (χ4n) is 4.10. The first kappa shape index (κ1) is 32.2. The van der Waals surface area contributed by atoms with Crippen molar-refractivity contribution in [3.8, 4) is 11.5 Å². The van der Waals surface area contributed by atoms with Gasteiger partial charge >= 0.3 is 11.9 Å². The Labute approximate surface area is 272 Å². The molecular formula is C35H24N4O9. The second-order valence-corrected chi connectivity index (χ2v) is 9.73. The lowest BCUT2D eigenvalue weighted by Gasteiger charge is -2.08. The average molecular weight is 645 g/mol. The zero-order valence-electron chi connectivity index (χ0n) is 24.8. The Balaban J connectivity index is 1.17. The van der Waals surface area contributed by atoms with Gasteiger partial charge in [0.25, 0.3) is 17.5 Å². The Morgan fingerprint density at radius 3 is 2.04 bits per heavy atom. The first-order valence-corrected chi connectivity index (χ1v) is 14.1. The molecule has 13 nitrogen and oxygen atoms in total. The third-order valence-electron chi connectivity index (χ3n) is 6.48. The van der Waals surface area contributed by atoms with Gasteiger partial charge < -0.3 is 19.2 Å². The lowest BCUT2D eigenvalue weighted by Crippen LogP contribution is -2.18. The van der Waals surface area contributed by atoms with E-state index in [-0.39, 0.29) is 34.1 Å². The number of carbonyl (C=O) groups is 4. The molecule has 1 aromatic heterocycles. The highest BCUT2D eigenvalue weighted by molar-refractivity contribution is 6.02. The van der Waals surface area contributed by atoms with Crippen LogP contribution in [0.25, 0.3) is 6.08 Å². The average Bonchev–Trinajstić information content (AvgIpc) is 3.65.